The van der Waals surface area contributed by atoms with E-state index in [0.29, 0.717) is 10.1 Å². The number of benzene rings is 1. The molecular weight excluding hydrogens is 336 g/mol. The average Bonchev–Trinajstić information content (AvgIpc) is 3.19. The number of fused-ring (bicyclic) bond motifs is 2. The van der Waals surface area contributed by atoms with Crippen LogP contribution in [0.5, 0.6) is 0 Å². The highest BCUT2D eigenvalue weighted by atomic mass is 32.1. The fraction of sp³-hybridized carbons (Fsp3) is 0.278. The second-order valence-corrected chi connectivity index (χ2v) is 6.95. The van der Waals surface area contributed by atoms with E-state index in [1.165, 1.54) is 15.9 Å². The Kier molecular flexibility index (Phi) is 4.01. The van der Waals surface area contributed by atoms with Gasteiger partial charge in [-0.15, -0.1) is 5.10 Å². The molecule has 1 aromatic carbocycles. The van der Waals surface area contributed by atoms with Crippen LogP contribution in [0.15, 0.2) is 45.6 Å². The summed E-state index contributed by atoms with van der Waals surface area (Å²) in [7, 11) is 0. The summed E-state index contributed by atoms with van der Waals surface area (Å²) < 4.78 is 7.23. The first-order valence-corrected chi connectivity index (χ1v) is 9.10. The van der Waals surface area contributed by atoms with Crippen LogP contribution in [0.4, 0.5) is 5.13 Å². The molecule has 128 valence electrons. The summed E-state index contributed by atoms with van der Waals surface area (Å²) in [6, 6.07) is 11.4. The molecule has 0 aliphatic rings. The van der Waals surface area contributed by atoms with E-state index in [-0.39, 0.29) is 11.6 Å². The molecule has 1 atom stereocenters. The van der Waals surface area contributed by atoms with Crippen molar-refractivity contribution < 1.29 is 4.42 Å². The highest BCUT2D eigenvalue weighted by molar-refractivity contribution is 7.20. The van der Waals surface area contributed by atoms with Crippen molar-refractivity contribution in [2.75, 3.05) is 5.32 Å². The van der Waals surface area contributed by atoms with Crippen molar-refractivity contribution in [2.45, 2.75) is 32.7 Å². The largest absolute Gasteiger partial charge is 0.459 e. The smallest absolute Gasteiger partial charge is 0.275 e. The third-order valence-corrected chi connectivity index (χ3v) is 4.86. The second kappa shape index (κ2) is 6.33. The lowest BCUT2D eigenvalue weighted by molar-refractivity contribution is 0.526. The molecule has 0 aliphatic carbocycles. The Hall–Kier alpha value is -2.67. The number of hydrogen-bond donors (Lipinski definition) is 1. The minimum atomic E-state index is -0.144. The minimum absolute atomic E-state index is 0.0706. The van der Waals surface area contributed by atoms with Gasteiger partial charge in [0.15, 0.2) is 0 Å². The number of para-hydroxylation sites is 1. The molecule has 3 heterocycles. The lowest BCUT2D eigenvalue weighted by Gasteiger charge is -2.08. The maximum atomic E-state index is 12.2. The van der Waals surface area contributed by atoms with E-state index in [1.54, 1.807) is 6.07 Å². The molecule has 25 heavy (non-hydrogen) atoms. The van der Waals surface area contributed by atoms with Crippen molar-refractivity contribution in [3.05, 3.63) is 58.2 Å². The van der Waals surface area contributed by atoms with Gasteiger partial charge in [-0.2, -0.15) is 4.52 Å². The number of nitrogens with zero attached hydrogens (tertiary/aromatic N) is 3. The molecule has 6 nitrogen and oxygen atoms in total. The zero-order valence-electron chi connectivity index (χ0n) is 14.0. The SMILES string of the molecule is CCCc1cc(=O)n2nc(N[C@H](C)c3cc4ccccc4o3)sc2n1. The summed E-state index contributed by atoms with van der Waals surface area (Å²) in [6.07, 6.45) is 1.75. The molecule has 0 fully saturated rings. The zero-order chi connectivity index (χ0) is 17.4. The Labute approximate surface area is 148 Å². The summed E-state index contributed by atoms with van der Waals surface area (Å²) in [6.45, 7) is 4.07. The molecule has 0 spiro atoms. The van der Waals surface area contributed by atoms with E-state index in [0.717, 1.165) is 35.3 Å². The average molecular weight is 354 g/mol. The van der Waals surface area contributed by atoms with Gasteiger partial charge >= 0.3 is 0 Å². The fourth-order valence-corrected chi connectivity index (χ4v) is 3.68. The molecule has 0 saturated heterocycles. The molecule has 0 bridgehead atoms. The minimum Gasteiger partial charge on any atom is -0.459 e. The van der Waals surface area contributed by atoms with Gasteiger partial charge < -0.3 is 9.73 Å². The number of rotatable bonds is 5. The number of anilines is 1. The molecule has 0 amide bonds. The van der Waals surface area contributed by atoms with Crippen molar-refractivity contribution in [1.82, 2.24) is 14.6 Å². The van der Waals surface area contributed by atoms with Crippen LogP contribution in [0.25, 0.3) is 15.9 Å². The van der Waals surface area contributed by atoms with Gasteiger partial charge in [0.2, 0.25) is 10.1 Å². The van der Waals surface area contributed by atoms with Gasteiger partial charge in [-0.3, -0.25) is 4.79 Å². The summed E-state index contributed by atoms with van der Waals surface area (Å²) in [5.41, 5.74) is 1.53. The van der Waals surface area contributed by atoms with Crippen LogP contribution in [0, 0.1) is 0 Å². The number of nitrogens with one attached hydrogen (secondary N) is 1. The molecule has 4 rings (SSSR count). The van der Waals surface area contributed by atoms with Crippen LogP contribution in [-0.4, -0.2) is 14.6 Å². The van der Waals surface area contributed by atoms with Crippen LogP contribution in [0.2, 0.25) is 0 Å². The van der Waals surface area contributed by atoms with Gasteiger partial charge in [0.05, 0.1) is 6.04 Å². The molecule has 0 saturated carbocycles. The van der Waals surface area contributed by atoms with Crippen LogP contribution in [0.3, 0.4) is 0 Å². The first-order valence-electron chi connectivity index (χ1n) is 8.29. The van der Waals surface area contributed by atoms with E-state index >= 15 is 0 Å². The summed E-state index contributed by atoms with van der Waals surface area (Å²) in [5, 5.41) is 9.35. The Balaban J connectivity index is 1.63. The van der Waals surface area contributed by atoms with Crippen molar-refractivity contribution in [2.24, 2.45) is 0 Å². The van der Waals surface area contributed by atoms with Crippen LogP contribution in [0.1, 0.15) is 37.8 Å². The Morgan fingerprint density at radius 2 is 2.16 bits per heavy atom. The molecule has 4 aromatic rings. The normalized spacial score (nSPS) is 12.7. The van der Waals surface area contributed by atoms with Crippen LogP contribution in [-0.2, 0) is 6.42 Å². The van der Waals surface area contributed by atoms with Crippen LogP contribution >= 0.6 is 11.3 Å². The standard InChI is InChI=1S/C18H18N4O2S/c1-3-6-13-10-16(23)22-18(20-13)25-17(21-22)19-11(2)15-9-12-7-4-5-8-14(12)24-15/h4-5,7-11H,3,6H2,1-2H3,(H,19,21)/t11-/m1/s1. The number of aryl methyl sites for hydroxylation is 1. The molecule has 3 aromatic heterocycles. The Morgan fingerprint density at radius 1 is 1.32 bits per heavy atom. The van der Waals surface area contributed by atoms with Gasteiger partial charge in [0.1, 0.15) is 11.3 Å². The second-order valence-electron chi connectivity index (χ2n) is 5.99. The van der Waals surface area contributed by atoms with E-state index < -0.39 is 0 Å². The highest BCUT2D eigenvalue weighted by Crippen LogP contribution is 2.27. The van der Waals surface area contributed by atoms with Crippen molar-refractivity contribution in [3.8, 4) is 0 Å². The number of hydrogen-bond acceptors (Lipinski definition) is 6. The monoisotopic (exact) mass is 354 g/mol. The van der Waals surface area contributed by atoms with Crippen molar-refractivity contribution in [3.63, 3.8) is 0 Å². The van der Waals surface area contributed by atoms with E-state index in [9.17, 15) is 4.79 Å². The fourth-order valence-electron chi connectivity index (χ4n) is 2.77. The van der Waals surface area contributed by atoms with Gasteiger partial charge in [-0.05, 0) is 25.5 Å². The summed E-state index contributed by atoms with van der Waals surface area (Å²) in [5.74, 6) is 0.826. The Bertz CT molecular complexity index is 1060. The first-order chi connectivity index (χ1) is 12.1. The Morgan fingerprint density at radius 3 is 2.96 bits per heavy atom. The van der Waals surface area contributed by atoms with Crippen LogP contribution < -0.4 is 10.9 Å². The van der Waals surface area contributed by atoms with Gasteiger partial charge in [-0.25, -0.2) is 4.98 Å². The quantitative estimate of drug-likeness (QED) is 0.586. The molecular formula is C18H18N4O2S. The van der Waals surface area contributed by atoms with E-state index in [1.807, 2.05) is 37.3 Å². The van der Waals surface area contributed by atoms with Gasteiger partial charge in [0, 0.05) is 17.1 Å². The third kappa shape index (κ3) is 3.02. The molecule has 1 N–H and O–H groups in total. The predicted molar refractivity (Wildman–Crippen MR) is 99.4 cm³/mol. The van der Waals surface area contributed by atoms with Crippen molar-refractivity contribution in [1.29, 1.82) is 0 Å². The third-order valence-electron chi connectivity index (χ3n) is 4.02. The summed E-state index contributed by atoms with van der Waals surface area (Å²) >= 11 is 1.37. The summed E-state index contributed by atoms with van der Waals surface area (Å²) in [4.78, 5) is 17.3. The predicted octanol–water partition coefficient (Wildman–Crippen LogP) is 4.02. The molecule has 0 aliphatic heterocycles. The lowest BCUT2D eigenvalue weighted by atomic mass is 10.2. The van der Waals surface area contributed by atoms with Gasteiger partial charge in [-0.1, -0.05) is 42.9 Å². The molecule has 0 unspecified atom stereocenters. The zero-order valence-corrected chi connectivity index (χ0v) is 14.8. The van der Waals surface area contributed by atoms with E-state index in [2.05, 4.69) is 22.3 Å². The number of aromatic nitrogens is 3. The van der Waals surface area contributed by atoms with E-state index in [4.69, 9.17) is 4.42 Å². The number of furan rings is 1. The van der Waals surface area contributed by atoms with Gasteiger partial charge in [0.25, 0.3) is 5.56 Å². The molecule has 0 radical (unpaired) electrons. The first kappa shape index (κ1) is 15.8. The lowest BCUT2D eigenvalue weighted by Crippen LogP contribution is -2.15. The van der Waals surface area contributed by atoms with Crippen molar-refractivity contribution >= 4 is 32.4 Å². The topological polar surface area (TPSA) is 72.4 Å². The highest BCUT2D eigenvalue weighted by Gasteiger charge is 2.15. The maximum Gasteiger partial charge on any atom is 0.275 e. The molecule has 7 heteroatoms. The maximum absolute atomic E-state index is 12.2.